The van der Waals surface area contributed by atoms with Crippen LogP contribution in [0.3, 0.4) is 0 Å². The maximum absolute atomic E-state index is 12.1. The van der Waals surface area contributed by atoms with Gasteiger partial charge in [0.05, 0.1) is 5.41 Å². The maximum Gasteiger partial charge on any atom is 0.229 e. The monoisotopic (exact) mass is 227 g/mol. The third kappa shape index (κ3) is 2.72. The molecule has 5 nitrogen and oxygen atoms in total. The SMILES string of the molecule is CC(=O)N1CCN(C(=O)C(C)(C)CN)CC1. The molecule has 2 N–H and O–H groups in total. The second-order valence-corrected chi connectivity index (χ2v) is 4.89. The highest BCUT2D eigenvalue weighted by molar-refractivity contribution is 5.82. The van der Waals surface area contributed by atoms with E-state index < -0.39 is 5.41 Å². The van der Waals surface area contributed by atoms with Crippen LogP contribution in [0.2, 0.25) is 0 Å². The lowest BCUT2D eigenvalue weighted by Crippen LogP contribution is -2.54. The first kappa shape index (κ1) is 13.0. The summed E-state index contributed by atoms with van der Waals surface area (Å²) < 4.78 is 0. The van der Waals surface area contributed by atoms with Crippen molar-refractivity contribution in [2.75, 3.05) is 32.7 Å². The number of piperazine rings is 1. The van der Waals surface area contributed by atoms with Gasteiger partial charge >= 0.3 is 0 Å². The number of hydrogen-bond acceptors (Lipinski definition) is 3. The lowest BCUT2D eigenvalue weighted by molar-refractivity contribution is -0.144. The van der Waals surface area contributed by atoms with E-state index in [4.69, 9.17) is 5.73 Å². The fourth-order valence-electron chi connectivity index (χ4n) is 1.74. The first-order chi connectivity index (χ1) is 7.38. The van der Waals surface area contributed by atoms with Crippen LogP contribution in [0.25, 0.3) is 0 Å². The molecule has 92 valence electrons. The van der Waals surface area contributed by atoms with Crippen LogP contribution in [0.4, 0.5) is 0 Å². The Morgan fingerprint density at radius 1 is 1.12 bits per heavy atom. The van der Waals surface area contributed by atoms with E-state index in [1.807, 2.05) is 13.8 Å². The molecule has 0 radical (unpaired) electrons. The van der Waals surface area contributed by atoms with Crippen LogP contribution in [0.15, 0.2) is 0 Å². The third-order valence-electron chi connectivity index (χ3n) is 3.10. The Labute approximate surface area is 96.6 Å². The van der Waals surface area contributed by atoms with Gasteiger partial charge in [0.25, 0.3) is 0 Å². The summed E-state index contributed by atoms with van der Waals surface area (Å²) in [4.78, 5) is 26.8. The molecule has 0 aliphatic carbocycles. The molecule has 1 fully saturated rings. The number of carbonyl (C=O) groups excluding carboxylic acids is 2. The van der Waals surface area contributed by atoms with E-state index >= 15 is 0 Å². The zero-order valence-corrected chi connectivity index (χ0v) is 10.3. The van der Waals surface area contributed by atoms with Gasteiger partial charge < -0.3 is 15.5 Å². The molecule has 0 aromatic heterocycles. The van der Waals surface area contributed by atoms with Gasteiger partial charge in [-0.1, -0.05) is 0 Å². The summed E-state index contributed by atoms with van der Waals surface area (Å²) in [7, 11) is 0. The summed E-state index contributed by atoms with van der Waals surface area (Å²) >= 11 is 0. The van der Waals surface area contributed by atoms with E-state index in [0.717, 1.165) is 0 Å². The Morgan fingerprint density at radius 2 is 1.56 bits per heavy atom. The zero-order valence-electron chi connectivity index (χ0n) is 10.3. The van der Waals surface area contributed by atoms with Crippen molar-refractivity contribution < 1.29 is 9.59 Å². The van der Waals surface area contributed by atoms with Crippen molar-refractivity contribution >= 4 is 11.8 Å². The molecule has 16 heavy (non-hydrogen) atoms. The van der Waals surface area contributed by atoms with Crippen LogP contribution in [0.5, 0.6) is 0 Å². The first-order valence-electron chi connectivity index (χ1n) is 5.63. The number of carbonyl (C=O) groups is 2. The van der Waals surface area contributed by atoms with E-state index in [0.29, 0.717) is 32.7 Å². The van der Waals surface area contributed by atoms with Gasteiger partial charge in [-0.3, -0.25) is 9.59 Å². The van der Waals surface area contributed by atoms with Crippen molar-refractivity contribution in [1.82, 2.24) is 9.80 Å². The summed E-state index contributed by atoms with van der Waals surface area (Å²) in [5.41, 5.74) is 5.08. The molecule has 1 rings (SSSR count). The minimum absolute atomic E-state index is 0.0742. The topological polar surface area (TPSA) is 66.6 Å². The van der Waals surface area contributed by atoms with Crippen LogP contribution in [0.1, 0.15) is 20.8 Å². The number of rotatable bonds is 2. The van der Waals surface area contributed by atoms with Crippen LogP contribution >= 0.6 is 0 Å². The molecule has 1 aliphatic rings. The van der Waals surface area contributed by atoms with Gasteiger partial charge in [-0.15, -0.1) is 0 Å². The average Bonchev–Trinajstić information content (AvgIpc) is 2.28. The highest BCUT2D eigenvalue weighted by Crippen LogP contribution is 2.18. The van der Waals surface area contributed by atoms with Crippen molar-refractivity contribution in [3.8, 4) is 0 Å². The quantitative estimate of drug-likeness (QED) is 0.702. The Kier molecular flexibility index (Phi) is 3.91. The van der Waals surface area contributed by atoms with Crippen LogP contribution < -0.4 is 5.73 Å². The molecule has 0 atom stereocenters. The minimum Gasteiger partial charge on any atom is -0.339 e. The number of hydrogen-bond donors (Lipinski definition) is 1. The van der Waals surface area contributed by atoms with Crippen LogP contribution in [0, 0.1) is 5.41 Å². The van der Waals surface area contributed by atoms with E-state index in [1.165, 1.54) is 0 Å². The number of nitrogens with zero attached hydrogens (tertiary/aromatic N) is 2. The van der Waals surface area contributed by atoms with Crippen molar-refractivity contribution in [3.05, 3.63) is 0 Å². The Balaban J connectivity index is 2.54. The van der Waals surface area contributed by atoms with E-state index in [9.17, 15) is 9.59 Å². The third-order valence-corrected chi connectivity index (χ3v) is 3.10. The highest BCUT2D eigenvalue weighted by Gasteiger charge is 2.32. The molecule has 1 saturated heterocycles. The predicted molar refractivity (Wildman–Crippen MR) is 61.7 cm³/mol. The molecule has 1 aliphatic heterocycles. The second-order valence-electron chi connectivity index (χ2n) is 4.89. The zero-order chi connectivity index (χ0) is 12.3. The second kappa shape index (κ2) is 4.82. The summed E-state index contributed by atoms with van der Waals surface area (Å²) in [6.45, 7) is 8.09. The molecule has 0 unspecified atom stereocenters. The highest BCUT2D eigenvalue weighted by atomic mass is 16.2. The normalized spacial score (nSPS) is 17.5. The standard InChI is InChI=1S/C11H21N3O2/c1-9(15)13-4-6-14(7-5-13)10(16)11(2,3)8-12/h4-8,12H2,1-3H3. The lowest BCUT2D eigenvalue weighted by atomic mass is 9.91. The molecular weight excluding hydrogens is 206 g/mol. The van der Waals surface area contributed by atoms with Gasteiger partial charge in [0.2, 0.25) is 11.8 Å². The summed E-state index contributed by atoms with van der Waals surface area (Å²) in [5.74, 6) is 0.156. The first-order valence-corrected chi connectivity index (χ1v) is 5.63. The van der Waals surface area contributed by atoms with E-state index in [2.05, 4.69) is 0 Å². The molecule has 1 heterocycles. The lowest BCUT2D eigenvalue weighted by Gasteiger charge is -2.37. The van der Waals surface area contributed by atoms with Gasteiger partial charge in [-0.2, -0.15) is 0 Å². The minimum atomic E-state index is -0.502. The van der Waals surface area contributed by atoms with Crippen molar-refractivity contribution in [2.24, 2.45) is 11.1 Å². The van der Waals surface area contributed by atoms with E-state index in [1.54, 1.807) is 16.7 Å². The van der Waals surface area contributed by atoms with Crippen LogP contribution in [-0.4, -0.2) is 54.3 Å². The van der Waals surface area contributed by atoms with Gasteiger partial charge in [0.1, 0.15) is 0 Å². The molecule has 2 amide bonds. The molecule has 5 heteroatoms. The Morgan fingerprint density at radius 3 is 1.94 bits per heavy atom. The molecule has 0 aromatic carbocycles. The van der Waals surface area contributed by atoms with Gasteiger partial charge in [-0.25, -0.2) is 0 Å². The van der Waals surface area contributed by atoms with Crippen LogP contribution in [-0.2, 0) is 9.59 Å². The molecule has 0 spiro atoms. The van der Waals surface area contributed by atoms with E-state index in [-0.39, 0.29) is 11.8 Å². The summed E-state index contributed by atoms with van der Waals surface area (Å²) in [5, 5.41) is 0. The largest absolute Gasteiger partial charge is 0.339 e. The maximum atomic E-state index is 12.1. The molecule has 0 saturated carbocycles. The summed E-state index contributed by atoms with van der Waals surface area (Å²) in [6, 6.07) is 0. The average molecular weight is 227 g/mol. The van der Waals surface area contributed by atoms with Crippen molar-refractivity contribution in [3.63, 3.8) is 0 Å². The van der Waals surface area contributed by atoms with Crippen molar-refractivity contribution in [1.29, 1.82) is 0 Å². The molecular formula is C11H21N3O2. The fraction of sp³-hybridized carbons (Fsp3) is 0.818. The van der Waals surface area contributed by atoms with Gasteiger partial charge in [0, 0.05) is 39.6 Å². The Bertz CT molecular complexity index is 281. The van der Waals surface area contributed by atoms with Crippen molar-refractivity contribution in [2.45, 2.75) is 20.8 Å². The molecule has 0 bridgehead atoms. The Hall–Kier alpha value is -1.10. The van der Waals surface area contributed by atoms with Gasteiger partial charge in [0.15, 0.2) is 0 Å². The number of amides is 2. The summed E-state index contributed by atoms with van der Waals surface area (Å²) in [6.07, 6.45) is 0. The predicted octanol–water partition coefficient (Wildman–Crippen LogP) is -0.338. The fourth-order valence-corrected chi connectivity index (χ4v) is 1.74. The smallest absolute Gasteiger partial charge is 0.229 e. The van der Waals surface area contributed by atoms with Gasteiger partial charge in [-0.05, 0) is 13.8 Å². The number of nitrogens with two attached hydrogens (primary N) is 1. The molecule has 0 aromatic rings.